The van der Waals surface area contributed by atoms with Crippen LogP contribution in [0.15, 0.2) is 6.07 Å². The largest absolute Gasteiger partial charge is 0.411 e. The lowest BCUT2D eigenvalue weighted by molar-refractivity contribution is -0.173. The summed E-state index contributed by atoms with van der Waals surface area (Å²) in [6, 6.07) is 1.59. The Morgan fingerprint density at radius 2 is 2.11 bits per heavy atom. The molecule has 0 saturated heterocycles. The Kier molecular flexibility index (Phi) is 5.93. The van der Waals surface area contributed by atoms with E-state index in [9.17, 15) is 13.2 Å². The molecule has 0 atom stereocenters. The Hall–Kier alpha value is -1.45. The van der Waals surface area contributed by atoms with Gasteiger partial charge in [-0.1, -0.05) is 0 Å². The molecule has 0 aliphatic rings. The number of nitrogens with two attached hydrogens (primary N) is 1. The maximum absolute atomic E-state index is 11.9. The fourth-order valence-electron chi connectivity index (χ4n) is 1.31. The van der Waals surface area contributed by atoms with Crippen LogP contribution in [0.3, 0.4) is 0 Å². The molecule has 0 spiro atoms. The molecule has 9 heteroatoms. The van der Waals surface area contributed by atoms with E-state index in [0.717, 1.165) is 0 Å². The maximum atomic E-state index is 11.9. The summed E-state index contributed by atoms with van der Waals surface area (Å²) in [6.07, 6.45) is -4.18. The zero-order valence-electron chi connectivity index (χ0n) is 10.3. The van der Waals surface area contributed by atoms with Crippen molar-refractivity contribution in [3.63, 3.8) is 0 Å². The molecular weight excluding hydrogens is 265 g/mol. The maximum Gasteiger partial charge on any atom is 0.411 e. The minimum Gasteiger partial charge on any atom is -0.378 e. The van der Waals surface area contributed by atoms with Gasteiger partial charge in [0.2, 0.25) is 0 Å². The molecule has 1 rings (SSSR count). The van der Waals surface area contributed by atoms with Crippen LogP contribution >= 0.6 is 0 Å². The summed E-state index contributed by atoms with van der Waals surface area (Å²) in [7, 11) is 1.50. The quantitative estimate of drug-likeness (QED) is 0.441. The van der Waals surface area contributed by atoms with Crippen LogP contribution in [-0.2, 0) is 22.5 Å². The molecule has 0 bridgehead atoms. The lowest BCUT2D eigenvalue weighted by atomic mass is 10.3. The van der Waals surface area contributed by atoms with Gasteiger partial charge in [-0.25, -0.2) is 15.8 Å². The Balaban J connectivity index is 2.54. The highest BCUT2D eigenvalue weighted by Crippen LogP contribution is 2.14. The van der Waals surface area contributed by atoms with E-state index in [1.54, 1.807) is 6.07 Å². The number of anilines is 1. The summed E-state index contributed by atoms with van der Waals surface area (Å²) in [4.78, 5) is 8.12. The van der Waals surface area contributed by atoms with Gasteiger partial charge in [0.05, 0.1) is 18.9 Å². The van der Waals surface area contributed by atoms with E-state index in [2.05, 4.69) is 20.1 Å². The van der Waals surface area contributed by atoms with E-state index in [1.165, 1.54) is 7.11 Å². The molecule has 19 heavy (non-hydrogen) atoms. The van der Waals surface area contributed by atoms with Crippen molar-refractivity contribution < 1.29 is 22.6 Å². The first-order valence-corrected chi connectivity index (χ1v) is 5.41. The zero-order chi connectivity index (χ0) is 14.3. The van der Waals surface area contributed by atoms with Crippen LogP contribution in [0.1, 0.15) is 11.5 Å². The van der Waals surface area contributed by atoms with E-state index >= 15 is 0 Å². The fraction of sp³-hybridized carbons (Fsp3) is 0.600. The van der Waals surface area contributed by atoms with Gasteiger partial charge < -0.3 is 14.9 Å². The minimum absolute atomic E-state index is 0.125. The van der Waals surface area contributed by atoms with Crippen molar-refractivity contribution in [2.24, 2.45) is 5.84 Å². The molecule has 0 aromatic carbocycles. The number of hydrogen-bond acceptors (Lipinski definition) is 6. The molecule has 0 aliphatic carbocycles. The smallest absolute Gasteiger partial charge is 0.378 e. The van der Waals surface area contributed by atoms with Crippen LogP contribution in [0, 0.1) is 0 Å². The summed E-state index contributed by atoms with van der Waals surface area (Å²) in [5.74, 6) is 5.94. The monoisotopic (exact) mass is 280 g/mol. The number of nitrogen functional groups attached to an aromatic ring is 1. The lowest BCUT2D eigenvalue weighted by Gasteiger charge is -2.09. The van der Waals surface area contributed by atoms with Crippen molar-refractivity contribution in [3.8, 4) is 0 Å². The number of hydrazine groups is 1. The molecule has 0 fully saturated rings. The third-order valence-electron chi connectivity index (χ3n) is 2.00. The molecule has 0 aliphatic heterocycles. The number of rotatable bonds is 7. The first kappa shape index (κ1) is 15.6. The molecule has 6 nitrogen and oxygen atoms in total. The van der Waals surface area contributed by atoms with Crippen molar-refractivity contribution >= 4 is 5.82 Å². The Morgan fingerprint density at radius 3 is 2.68 bits per heavy atom. The van der Waals surface area contributed by atoms with Gasteiger partial charge in [0.1, 0.15) is 18.2 Å². The summed E-state index contributed by atoms with van der Waals surface area (Å²) in [5.41, 5.74) is 2.93. The van der Waals surface area contributed by atoms with Crippen LogP contribution in [0.5, 0.6) is 0 Å². The first-order chi connectivity index (χ1) is 8.94. The van der Waals surface area contributed by atoms with Gasteiger partial charge in [-0.05, 0) is 0 Å². The van der Waals surface area contributed by atoms with Gasteiger partial charge >= 0.3 is 6.18 Å². The van der Waals surface area contributed by atoms with Gasteiger partial charge in [0, 0.05) is 19.6 Å². The number of alkyl halides is 3. The molecule has 0 amide bonds. The van der Waals surface area contributed by atoms with Gasteiger partial charge in [-0.3, -0.25) is 0 Å². The second-order valence-corrected chi connectivity index (χ2v) is 3.66. The third-order valence-corrected chi connectivity index (χ3v) is 2.00. The number of methoxy groups -OCH3 is 1. The standard InChI is InChI=1S/C10H15F3N4O2/c1-18-5-7-4-9(17-14)16-8(15-7)2-3-19-6-10(11,12)13/h4H,2-3,5-6,14H2,1H3,(H,15,16,17). The number of aromatic nitrogens is 2. The summed E-state index contributed by atoms with van der Waals surface area (Å²) < 4.78 is 45.0. The van der Waals surface area contributed by atoms with Crippen molar-refractivity contribution in [3.05, 3.63) is 17.6 Å². The molecule has 0 saturated carbocycles. The highest BCUT2D eigenvalue weighted by Gasteiger charge is 2.27. The molecule has 0 unspecified atom stereocenters. The molecule has 1 aromatic heterocycles. The second kappa shape index (κ2) is 7.22. The third kappa shape index (κ3) is 6.32. The average Bonchev–Trinajstić information content (AvgIpc) is 2.34. The Bertz CT molecular complexity index is 401. The first-order valence-electron chi connectivity index (χ1n) is 5.41. The number of hydrogen-bond donors (Lipinski definition) is 2. The van der Waals surface area contributed by atoms with E-state index in [4.69, 9.17) is 10.6 Å². The molecule has 3 N–H and O–H groups in total. The summed E-state index contributed by atoms with van der Waals surface area (Å²) in [6.45, 7) is -1.15. The topological polar surface area (TPSA) is 82.3 Å². The van der Waals surface area contributed by atoms with Crippen molar-refractivity contribution in [1.82, 2.24) is 9.97 Å². The lowest BCUT2D eigenvalue weighted by Crippen LogP contribution is -2.18. The van der Waals surface area contributed by atoms with E-state index in [0.29, 0.717) is 17.3 Å². The average molecular weight is 280 g/mol. The van der Waals surface area contributed by atoms with E-state index in [-0.39, 0.29) is 19.6 Å². The molecule has 1 heterocycles. The Morgan fingerprint density at radius 1 is 1.37 bits per heavy atom. The van der Waals surface area contributed by atoms with Crippen molar-refractivity contribution in [2.75, 3.05) is 25.7 Å². The van der Waals surface area contributed by atoms with Crippen LogP contribution in [0.4, 0.5) is 19.0 Å². The molecule has 0 radical (unpaired) electrons. The van der Waals surface area contributed by atoms with Crippen molar-refractivity contribution in [1.29, 1.82) is 0 Å². The number of nitrogens with one attached hydrogen (secondary N) is 1. The number of halogens is 3. The summed E-state index contributed by atoms with van der Waals surface area (Å²) in [5, 5.41) is 0. The Labute approximate surface area is 108 Å². The van der Waals surface area contributed by atoms with Gasteiger partial charge in [-0.15, -0.1) is 0 Å². The predicted octanol–water partition coefficient (Wildman–Crippen LogP) is 1.03. The van der Waals surface area contributed by atoms with Gasteiger partial charge in [0.15, 0.2) is 0 Å². The molecule has 1 aromatic rings. The van der Waals surface area contributed by atoms with Crippen LogP contribution in [0.25, 0.3) is 0 Å². The van der Waals surface area contributed by atoms with E-state index < -0.39 is 12.8 Å². The van der Waals surface area contributed by atoms with Gasteiger partial charge in [0.25, 0.3) is 0 Å². The molecular formula is C10H15F3N4O2. The minimum atomic E-state index is -4.33. The molecule has 108 valence electrons. The number of ether oxygens (including phenoxy) is 2. The van der Waals surface area contributed by atoms with Crippen LogP contribution < -0.4 is 11.3 Å². The highest BCUT2D eigenvalue weighted by molar-refractivity contribution is 5.34. The van der Waals surface area contributed by atoms with Crippen LogP contribution in [0.2, 0.25) is 0 Å². The van der Waals surface area contributed by atoms with Gasteiger partial charge in [-0.2, -0.15) is 13.2 Å². The van der Waals surface area contributed by atoms with Crippen molar-refractivity contribution in [2.45, 2.75) is 19.2 Å². The second-order valence-electron chi connectivity index (χ2n) is 3.66. The predicted molar refractivity (Wildman–Crippen MR) is 61.1 cm³/mol. The zero-order valence-corrected chi connectivity index (χ0v) is 10.3. The highest BCUT2D eigenvalue weighted by atomic mass is 19.4. The SMILES string of the molecule is COCc1cc(NN)nc(CCOCC(F)(F)F)n1. The fourth-order valence-corrected chi connectivity index (χ4v) is 1.31. The normalized spacial score (nSPS) is 11.6. The van der Waals surface area contributed by atoms with Crippen LogP contribution in [-0.4, -0.2) is 36.5 Å². The summed E-state index contributed by atoms with van der Waals surface area (Å²) >= 11 is 0. The van der Waals surface area contributed by atoms with E-state index in [1.807, 2.05) is 0 Å². The number of nitrogens with zero attached hydrogens (tertiary/aromatic N) is 2.